The van der Waals surface area contributed by atoms with Gasteiger partial charge in [-0.1, -0.05) is 38.1 Å². The van der Waals surface area contributed by atoms with Gasteiger partial charge in [0.1, 0.15) is 5.69 Å². The molecule has 0 aromatic heterocycles. The number of rotatable bonds is 6. The van der Waals surface area contributed by atoms with Crippen LogP contribution in [0.1, 0.15) is 25.0 Å². The van der Waals surface area contributed by atoms with Gasteiger partial charge in [0.25, 0.3) is 0 Å². The lowest BCUT2D eigenvalue weighted by atomic mass is 10.0. The number of nitrogens with one attached hydrogen (secondary N) is 1. The summed E-state index contributed by atoms with van der Waals surface area (Å²) in [5.41, 5.74) is 4.41. The van der Waals surface area contributed by atoms with E-state index in [0.29, 0.717) is 12.3 Å². The molecule has 0 unspecified atom stereocenters. The fourth-order valence-electron chi connectivity index (χ4n) is 2.65. The van der Waals surface area contributed by atoms with E-state index in [1.807, 2.05) is 12.1 Å². The standard InChI is InChI=1S/C21H28N2O.HI/c1-16(2)14-17-6-8-18(9-7-17)15-21(24)22-19-10-12-20(13-11-19)23(3,4)5;/h6-13,16H,14-15H2,1-5H3;1H. The van der Waals surface area contributed by atoms with Gasteiger partial charge in [0.15, 0.2) is 0 Å². The lowest BCUT2D eigenvalue weighted by Gasteiger charge is -2.23. The predicted octanol–water partition coefficient (Wildman–Crippen LogP) is 1.27. The summed E-state index contributed by atoms with van der Waals surface area (Å²) in [5, 5.41) is 2.97. The van der Waals surface area contributed by atoms with Crippen LogP contribution < -0.4 is 33.8 Å². The largest absolute Gasteiger partial charge is 1.00 e. The Balaban J connectivity index is 0.00000312. The molecule has 2 aromatic rings. The summed E-state index contributed by atoms with van der Waals surface area (Å²) in [6.45, 7) is 4.43. The number of halogens is 1. The highest BCUT2D eigenvalue weighted by Crippen LogP contribution is 2.20. The van der Waals surface area contributed by atoms with E-state index in [2.05, 4.69) is 76.7 Å². The average Bonchev–Trinajstić information content (AvgIpc) is 2.48. The van der Waals surface area contributed by atoms with Crippen LogP contribution in [0, 0.1) is 5.92 Å². The fraction of sp³-hybridized carbons (Fsp3) is 0.381. The first-order chi connectivity index (χ1) is 11.2. The van der Waals surface area contributed by atoms with Crippen LogP contribution >= 0.6 is 0 Å². The molecule has 0 heterocycles. The molecular formula is C21H29IN2O. The number of nitrogens with zero attached hydrogens (tertiary/aromatic N) is 1. The van der Waals surface area contributed by atoms with Crippen molar-refractivity contribution in [3.63, 3.8) is 0 Å². The predicted molar refractivity (Wildman–Crippen MR) is 103 cm³/mol. The molecule has 0 radical (unpaired) electrons. The van der Waals surface area contributed by atoms with E-state index in [1.54, 1.807) is 0 Å². The molecule has 1 amide bonds. The Morgan fingerprint density at radius 3 is 1.92 bits per heavy atom. The minimum atomic E-state index is 0. The molecule has 2 aromatic carbocycles. The van der Waals surface area contributed by atoms with Gasteiger partial charge in [-0.15, -0.1) is 0 Å². The van der Waals surface area contributed by atoms with Crippen molar-refractivity contribution >= 4 is 17.3 Å². The zero-order chi connectivity index (χ0) is 17.7. The zero-order valence-electron chi connectivity index (χ0n) is 15.8. The van der Waals surface area contributed by atoms with Gasteiger partial charge in [0, 0.05) is 17.8 Å². The Hall–Kier alpha value is -1.40. The first kappa shape index (κ1) is 21.6. The van der Waals surface area contributed by atoms with Crippen LogP contribution in [0.2, 0.25) is 0 Å². The van der Waals surface area contributed by atoms with Crippen LogP contribution in [0.4, 0.5) is 11.4 Å². The Labute approximate surface area is 169 Å². The summed E-state index contributed by atoms with van der Waals surface area (Å²) in [6.07, 6.45) is 1.48. The molecule has 0 aliphatic rings. The van der Waals surface area contributed by atoms with Crippen molar-refractivity contribution in [3.8, 4) is 0 Å². The number of hydrogen-bond donors (Lipinski definition) is 1. The second kappa shape index (κ2) is 9.34. The maximum Gasteiger partial charge on any atom is 0.228 e. The topological polar surface area (TPSA) is 29.1 Å². The molecule has 0 fully saturated rings. The van der Waals surface area contributed by atoms with Gasteiger partial charge in [-0.2, -0.15) is 0 Å². The highest BCUT2D eigenvalue weighted by Gasteiger charge is 2.12. The first-order valence-electron chi connectivity index (χ1n) is 8.54. The third-order valence-electron chi connectivity index (χ3n) is 3.96. The maximum absolute atomic E-state index is 12.2. The second-order valence-corrected chi connectivity index (χ2v) is 7.70. The molecule has 4 heteroatoms. The van der Waals surface area contributed by atoms with Crippen molar-refractivity contribution in [2.24, 2.45) is 5.92 Å². The molecular weight excluding hydrogens is 423 g/mol. The van der Waals surface area contributed by atoms with E-state index in [0.717, 1.165) is 22.2 Å². The minimum Gasteiger partial charge on any atom is -1.00 e. The van der Waals surface area contributed by atoms with Crippen LogP contribution in [0.25, 0.3) is 0 Å². The SMILES string of the molecule is CC(C)Cc1ccc(CC(=O)Nc2ccc([N+](C)(C)C)cc2)cc1.[I-]. The quantitative estimate of drug-likeness (QED) is 0.519. The van der Waals surface area contributed by atoms with Crippen molar-refractivity contribution in [1.29, 1.82) is 0 Å². The lowest BCUT2D eigenvalue weighted by Crippen LogP contribution is -3.00. The molecule has 1 N–H and O–H groups in total. The minimum absolute atomic E-state index is 0. The van der Waals surface area contributed by atoms with Gasteiger partial charge in [-0.05, 0) is 35.6 Å². The molecule has 0 bridgehead atoms. The third-order valence-corrected chi connectivity index (χ3v) is 3.96. The van der Waals surface area contributed by atoms with Gasteiger partial charge in [-0.3, -0.25) is 9.28 Å². The van der Waals surface area contributed by atoms with E-state index in [4.69, 9.17) is 0 Å². The number of hydrogen-bond acceptors (Lipinski definition) is 1. The molecule has 0 aliphatic carbocycles. The van der Waals surface area contributed by atoms with E-state index in [-0.39, 0.29) is 29.9 Å². The van der Waals surface area contributed by atoms with Gasteiger partial charge >= 0.3 is 0 Å². The van der Waals surface area contributed by atoms with Gasteiger partial charge in [0.05, 0.1) is 27.6 Å². The molecule has 0 atom stereocenters. The lowest BCUT2D eigenvalue weighted by molar-refractivity contribution is -0.115. The number of carbonyl (C=O) groups is 1. The maximum atomic E-state index is 12.2. The van der Waals surface area contributed by atoms with Crippen LogP contribution in [-0.4, -0.2) is 27.1 Å². The summed E-state index contributed by atoms with van der Waals surface area (Å²) in [4.78, 5) is 12.2. The number of amides is 1. The number of quaternary nitrogens is 1. The van der Waals surface area contributed by atoms with E-state index >= 15 is 0 Å². The molecule has 0 saturated heterocycles. The van der Waals surface area contributed by atoms with Crippen LogP contribution in [0.15, 0.2) is 48.5 Å². The monoisotopic (exact) mass is 452 g/mol. The highest BCUT2D eigenvalue weighted by atomic mass is 127. The van der Waals surface area contributed by atoms with Gasteiger partial charge in [-0.25, -0.2) is 0 Å². The zero-order valence-corrected chi connectivity index (χ0v) is 18.0. The number of carbonyl (C=O) groups excluding carboxylic acids is 1. The van der Waals surface area contributed by atoms with Crippen molar-refractivity contribution in [1.82, 2.24) is 4.48 Å². The normalized spacial score (nSPS) is 11.1. The van der Waals surface area contributed by atoms with E-state index in [9.17, 15) is 4.79 Å². The van der Waals surface area contributed by atoms with Crippen molar-refractivity contribution < 1.29 is 28.8 Å². The highest BCUT2D eigenvalue weighted by molar-refractivity contribution is 5.92. The molecule has 0 aliphatic heterocycles. The summed E-state index contributed by atoms with van der Waals surface area (Å²) < 4.78 is 0.761. The fourth-order valence-corrected chi connectivity index (χ4v) is 2.65. The molecule has 3 nitrogen and oxygen atoms in total. The number of anilines is 1. The Morgan fingerprint density at radius 2 is 1.44 bits per heavy atom. The van der Waals surface area contributed by atoms with Gasteiger partial charge in [0.2, 0.25) is 5.91 Å². The molecule has 25 heavy (non-hydrogen) atoms. The molecule has 2 rings (SSSR count). The molecule has 136 valence electrons. The van der Waals surface area contributed by atoms with Crippen LogP contribution in [-0.2, 0) is 17.6 Å². The van der Waals surface area contributed by atoms with Crippen LogP contribution in [0.5, 0.6) is 0 Å². The van der Waals surface area contributed by atoms with Crippen molar-refractivity contribution in [2.45, 2.75) is 26.7 Å². The molecule has 0 saturated carbocycles. The summed E-state index contributed by atoms with van der Waals surface area (Å²) in [5.74, 6) is 0.665. The molecule has 0 spiro atoms. The second-order valence-electron chi connectivity index (χ2n) is 7.70. The van der Waals surface area contributed by atoms with E-state index < -0.39 is 0 Å². The average molecular weight is 452 g/mol. The smallest absolute Gasteiger partial charge is 0.228 e. The number of benzene rings is 2. The Kier molecular flexibility index (Phi) is 8.09. The van der Waals surface area contributed by atoms with Crippen molar-refractivity contribution in [2.75, 3.05) is 26.5 Å². The summed E-state index contributed by atoms with van der Waals surface area (Å²) in [6, 6.07) is 16.4. The first-order valence-corrected chi connectivity index (χ1v) is 8.54. The van der Waals surface area contributed by atoms with E-state index in [1.165, 1.54) is 11.3 Å². The Bertz CT molecular complexity index is 671. The van der Waals surface area contributed by atoms with Crippen molar-refractivity contribution in [3.05, 3.63) is 59.7 Å². The summed E-state index contributed by atoms with van der Waals surface area (Å²) in [7, 11) is 6.36. The van der Waals surface area contributed by atoms with Gasteiger partial charge < -0.3 is 29.3 Å². The summed E-state index contributed by atoms with van der Waals surface area (Å²) >= 11 is 0. The van der Waals surface area contributed by atoms with Crippen LogP contribution in [0.3, 0.4) is 0 Å². The Morgan fingerprint density at radius 1 is 0.920 bits per heavy atom. The third kappa shape index (κ3) is 7.16.